The molecule has 2 fully saturated rings. The predicted molar refractivity (Wildman–Crippen MR) is 127 cm³/mol. The average molecular weight is 609 g/mol. The van der Waals surface area contributed by atoms with Gasteiger partial charge in [-0.1, -0.05) is 51.5 Å². The molecule has 173 valence electrons. The first kappa shape index (κ1) is 25.0. The fourth-order valence-electron chi connectivity index (χ4n) is 5.71. The molecule has 32 heavy (non-hydrogen) atoms. The van der Waals surface area contributed by atoms with Gasteiger partial charge in [0.15, 0.2) is 0 Å². The monoisotopic (exact) mass is 609 g/mol. The molecular formula is C28H34IrNO2-. The van der Waals surface area contributed by atoms with Crippen molar-refractivity contribution >= 4 is 10.8 Å². The van der Waals surface area contributed by atoms with E-state index in [1.165, 1.54) is 16.3 Å². The Balaban J connectivity index is 0.000000178. The summed E-state index contributed by atoms with van der Waals surface area (Å²) in [7, 11) is 0. The van der Waals surface area contributed by atoms with Crippen molar-refractivity contribution in [3.63, 3.8) is 0 Å². The van der Waals surface area contributed by atoms with Crippen LogP contribution in [0.3, 0.4) is 0 Å². The first-order valence-corrected chi connectivity index (χ1v) is 11.3. The van der Waals surface area contributed by atoms with Crippen LogP contribution in [0.5, 0.6) is 0 Å². The van der Waals surface area contributed by atoms with E-state index in [1.54, 1.807) is 0 Å². The fourth-order valence-corrected chi connectivity index (χ4v) is 5.71. The number of hydrogen-bond acceptors (Lipinski definition) is 3. The van der Waals surface area contributed by atoms with Crippen LogP contribution in [0, 0.1) is 35.7 Å². The SMILES string of the molecule is CC1(C)CC2CC(C)(C)C(O)C2C1O.Cc1ccc2ccnc(-c3[c-]cccc3)c2c1.[Ir]. The van der Waals surface area contributed by atoms with Crippen LogP contribution >= 0.6 is 0 Å². The molecule has 0 spiro atoms. The fraction of sp³-hybridized carbons (Fsp3) is 0.464. The van der Waals surface area contributed by atoms with Gasteiger partial charge in [0.1, 0.15) is 0 Å². The molecular weight excluding hydrogens is 575 g/mol. The summed E-state index contributed by atoms with van der Waals surface area (Å²) >= 11 is 0. The number of aliphatic hydroxyl groups excluding tert-OH is 2. The van der Waals surface area contributed by atoms with Crippen molar-refractivity contribution in [3.8, 4) is 11.3 Å². The third-order valence-corrected chi connectivity index (χ3v) is 7.34. The second-order valence-corrected chi connectivity index (χ2v) is 10.8. The molecule has 0 aliphatic heterocycles. The van der Waals surface area contributed by atoms with E-state index in [9.17, 15) is 10.2 Å². The Kier molecular flexibility index (Phi) is 7.32. The van der Waals surface area contributed by atoms with Crippen molar-refractivity contribution < 1.29 is 30.3 Å². The number of hydrogen-bond donors (Lipinski definition) is 2. The summed E-state index contributed by atoms with van der Waals surface area (Å²) < 4.78 is 0. The summed E-state index contributed by atoms with van der Waals surface area (Å²) in [6, 6.07) is 19.7. The Hall–Kier alpha value is -1.58. The maximum Gasteiger partial charge on any atom is 0.0646 e. The van der Waals surface area contributed by atoms with Crippen LogP contribution in [-0.2, 0) is 20.1 Å². The molecule has 4 heteroatoms. The number of aromatic nitrogens is 1. The summed E-state index contributed by atoms with van der Waals surface area (Å²) in [5.41, 5.74) is 3.29. The minimum atomic E-state index is -0.329. The van der Waals surface area contributed by atoms with Crippen LogP contribution in [0.2, 0.25) is 0 Å². The second kappa shape index (κ2) is 9.35. The maximum atomic E-state index is 10.2. The van der Waals surface area contributed by atoms with Gasteiger partial charge in [0.25, 0.3) is 0 Å². The second-order valence-electron chi connectivity index (χ2n) is 10.8. The maximum absolute atomic E-state index is 10.2. The standard InChI is InChI=1S/C16H12N.C12H22O2.Ir/c1-12-7-8-13-9-10-17-16(15(13)11-12)14-5-3-2-4-6-14;1-11(2)5-7-6-12(3,4)10(14)8(7)9(11)13;/h2-5,7-11H,1H3;7-10,13-14H,5-6H2,1-4H3;/q-1;;. The molecule has 3 aromatic rings. The normalized spacial score (nSPS) is 27.2. The molecule has 2 atom stereocenters. The van der Waals surface area contributed by atoms with Gasteiger partial charge in [-0.05, 0) is 59.0 Å². The van der Waals surface area contributed by atoms with Crippen LogP contribution in [0.4, 0.5) is 0 Å². The average Bonchev–Trinajstić information content (AvgIpc) is 3.08. The molecule has 5 rings (SSSR count). The van der Waals surface area contributed by atoms with E-state index in [-0.39, 0.29) is 49.1 Å². The van der Waals surface area contributed by atoms with E-state index in [2.05, 4.69) is 63.9 Å². The molecule has 0 bridgehead atoms. The topological polar surface area (TPSA) is 53.4 Å². The summed E-state index contributed by atoms with van der Waals surface area (Å²) in [5, 5.41) is 22.7. The van der Waals surface area contributed by atoms with Gasteiger partial charge in [-0.25, -0.2) is 0 Å². The number of fused-ring (bicyclic) bond motifs is 2. The molecule has 3 nitrogen and oxygen atoms in total. The minimum absolute atomic E-state index is 0. The van der Waals surface area contributed by atoms with Crippen molar-refractivity contribution in [3.05, 3.63) is 66.4 Å². The van der Waals surface area contributed by atoms with Crippen molar-refractivity contribution in [2.45, 2.75) is 59.7 Å². The van der Waals surface area contributed by atoms with Crippen LogP contribution in [0.15, 0.2) is 54.7 Å². The summed E-state index contributed by atoms with van der Waals surface area (Å²) in [4.78, 5) is 4.49. The first-order valence-electron chi connectivity index (χ1n) is 11.3. The van der Waals surface area contributed by atoms with Gasteiger partial charge >= 0.3 is 0 Å². The van der Waals surface area contributed by atoms with E-state index >= 15 is 0 Å². The zero-order chi connectivity index (χ0) is 22.4. The van der Waals surface area contributed by atoms with Crippen LogP contribution in [0.25, 0.3) is 22.0 Å². The molecule has 2 saturated carbocycles. The van der Waals surface area contributed by atoms with Gasteiger partial charge in [-0.15, -0.1) is 35.9 Å². The molecule has 1 aromatic heterocycles. The number of aliphatic hydroxyl groups is 2. The smallest absolute Gasteiger partial charge is 0.0646 e. The van der Waals surface area contributed by atoms with Crippen LogP contribution in [0.1, 0.15) is 46.1 Å². The number of benzene rings is 2. The van der Waals surface area contributed by atoms with E-state index in [0.717, 1.165) is 24.1 Å². The Morgan fingerprint density at radius 1 is 0.938 bits per heavy atom. The molecule has 2 aromatic carbocycles. The molecule has 2 aliphatic rings. The van der Waals surface area contributed by atoms with Crippen molar-refractivity contribution in [2.24, 2.45) is 22.7 Å². The summed E-state index contributed by atoms with van der Waals surface area (Å²) in [5.74, 6) is 0.630. The van der Waals surface area contributed by atoms with Crippen LogP contribution in [-0.4, -0.2) is 27.4 Å². The number of pyridine rings is 1. The quantitative estimate of drug-likeness (QED) is 0.343. The molecule has 0 amide bonds. The zero-order valence-electron chi connectivity index (χ0n) is 19.6. The third kappa shape index (κ3) is 4.70. The molecule has 2 unspecified atom stereocenters. The van der Waals surface area contributed by atoms with Gasteiger partial charge in [0.2, 0.25) is 0 Å². The largest absolute Gasteiger partial charge is 0.392 e. The Labute approximate surface area is 205 Å². The number of aryl methyl sites for hydroxylation is 1. The molecule has 1 radical (unpaired) electrons. The van der Waals surface area contributed by atoms with E-state index < -0.39 is 0 Å². The molecule has 2 aliphatic carbocycles. The van der Waals surface area contributed by atoms with Crippen LogP contribution < -0.4 is 0 Å². The van der Waals surface area contributed by atoms with Gasteiger partial charge in [0, 0.05) is 32.2 Å². The van der Waals surface area contributed by atoms with Crippen molar-refractivity contribution in [1.82, 2.24) is 4.98 Å². The molecule has 0 saturated heterocycles. The Morgan fingerprint density at radius 2 is 1.59 bits per heavy atom. The van der Waals surface area contributed by atoms with Gasteiger partial charge in [0.05, 0.1) is 12.2 Å². The number of nitrogens with zero attached hydrogens (tertiary/aromatic N) is 1. The van der Waals surface area contributed by atoms with E-state index in [1.807, 2.05) is 36.5 Å². The first-order chi connectivity index (χ1) is 14.6. The third-order valence-electron chi connectivity index (χ3n) is 7.34. The summed E-state index contributed by atoms with van der Waals surface area (Å²) in [6.07, 6.45) is 3.31. The van der Waals surface area contributed by atoms with Crippen molar-refractivity contribution in [1.29, 1.82) is 0 Å². The van der Waals surface area contributed by atoms with Gasteiger partial charge < -0.3 is 15.2 Å². The zero-order valence-corrected chi connectivity index (χ0v) is 22.0. The Bertz CT molecular complexity index is 1040. The minimum Gasteiger partial charge on any atom is -0.392 e. The Morgan fingerprint density at radius 3 is 2.16 bits per heavy atom. The van der Waals surface area contributed by atoms with E-state index in [0.29, 0.717) is 5.92 Å². The van der Waals surface area contributed by atoms with Crippen molar-refractivity contribution in [2.75, 3.05) is 0 Å². The van der Waals surface area contributed by atoms with Gasteiger partial charge in [-0.2, -0.15) is 0 Å². The molecule has 2 N–H and O–H groups in total. The predicted octanol–water partition coefficient (Wildman–Crippen LogP) is 5.81. The van der Waals surface area contributed by atoms with Gasteiger partial charge in [-0.3, -0.25) is 0 Å². The summed E-state index contributed by atoms with van der Waals surface area (Å²) in [6.45, 7) is 10.5. The number of rotatable bonds is 1. The van der Waals surface area contributed by atoms with E-state index in [4.69, 9.17) is 0 Å². The molecule has 1 heterocycles.